The highest BCUT2D eigenvalue weighted by Crippen LogP contribution is 2.35. The van der Waals surface area contributed by atoms with Gasteiger partial charge in [0.15, 0.2) is 6.19 Å². The second-order valence-electron chi connectivity index (χ2n) is 4.22. The van der Waals surface area contributed by atoms with Gasteiger partial charge in [0.2, 0.25) is 0 Å². The van der Waals surface area contributed by atoms with E-state index in [0.717, 1.165) is 0 Å². The summed E-state index contributed by atoms with van der Waals surface area (Å²) in [4.78, 5) is 0. The fraction of sp³-hybridized carbons (Fsp3) is 0.909. The fourth-order valence-electron chi connectivity index (χ4n) is 1.42. The maximum absolute atomic E-state index is 8.53. The smallest absolute Gasteiger partial charge is 0.186 e. The fourth-order valence-corrected chi connectivity index (χ4v) is 2.69. The second kappa shape index (κ2) is 7.99. The zero-order valence-corrected chi connectivity index (χ0v) is 10.6. The largest absolute Gasteiger partial charge is 0.286 e. The van der Waals surface area contributed by atoms with Crippen LogP contribution in [0.25, 0.3) is 0 Å². The highest BCUT2D eigenvalue weighted by Gasteiger charge is 2.08. The number of nitrogens with zero attached hydrogens (tertiary/aromatic N) is 1. The van der Waals surface area contributed by atoms with E-state index in [1.165, 1.54) is 44.3 Å². The Morgan fingerprint density at radius 3 is 2.21 bits per heavy atom. The van der Waals surface area contributed by atoms with E-state index in [9.17, 15) is 0 Å². The van der Waals surface area contributed by atoms with Crippen molar-refractivity contribution in [2.45, 2.75) is 45.4 Å². The zero-order valence-electron chi connectivity index (χ0n) is 9.81. The van der Waals surface area contributed by atoms with Crippen LogP contribution in [0.2, 0.25) is 0 Å². The number of unbranched alkanes of at least 4 members (excludes halogenated alkanes) is 5. The van der Waals surface area contributed by atoms with Crippen LogP contribution in [0.3, 0.4) is 0 Å². The molecule has 0 saturated carbocycles. The van der Waals surface area contributed by atoms with Crippen LogP contribution in [0, 0.1) is 11.5 Å². The molecule has 14 heavy (non-hydrogen) atoms. The average Bonchev–Trinajstić information content (AvgIpc) is 2.11. The van der Waals surface area contributed by atoms with Crippen LogP contribution in [-0.4, -0.2) is 18.3 Å². The predicted octanol–water partition coefficient (Wildman–Crippen LogP) is 3.40. The van der Waals surface area contributed by atoms with E-state index in [1.807, 2.05) is 0 Å². The maximum atomic E-state index is 8.53. The van der Waals surface area contributed by atoms with Crippen molar-refractivity contribution in [3.05, 3.63) is 0 Å². The molecule has 3 heteroatoms. The van der Waals surface area contributed by atoms with Crippen LogP contribution in [-0.2, 0) is 0 Å². The Hall–Kier alpha value is -0.360. The Bertz CT molecular complexity index is 173. The molecule has 0 aliphatic heterocycles. The molecule has 0 unspecified atom stereocenters. The lowest BCUT2D eigenvalue weighted by Crippen LogP contribution is -2.16. The molecular weight excluding hydrogens is 192 g/mol. The molecule has 0 aromatic heterocycles. The van der Waals surface area contributed by atoms with Gasteiger partial charge in [0, 0.05) is 0 Å². The van der Waals surface area contributed by atoms with Crippen molar-refractivity contribution in [3.63, 3.8) is 0 Å². The van der Waals surface area contributed by atoms with Crippen molar-refractivity contribution >= 4 is 10.2 Å². The highest BCUT2D eigenvalue weighted by molar-refractivity contribution is 8.31. The summed E-state index contributed by atoms with van der Waals surface area (Å²) in [6.45, 7) is 2.24. The minimum absolute atomic E-state index is 0.836. The molecule has 0 radical (unpaired) electrons. The van der Waals surface area contributed by atoms with E-state index in [-0.39, 0.29) is 0 Å². The summed E-state index contributed by atoms with van der Waals surface area (Å²) >= 11 is 0. The lowest BCUT2D eigenvalue weighted by molar-refractivity contribution is 0.626. The van der Waals surface area contributed by atoms with E-state index in [4.69, 9.17) is 5.26 Å². The normalized spacial score (nSPS) is 12.1. The van der Waals surface area contributed by atoms with Crippen LogP contribution in [0.5, 0.6) is 0 Å². The van der Waals surface area contributed by atoms with Gasteiger partial charge in [0.25, 0.3) is 0 Å². The van der Waals surface area contributed by atoms with E-state index in [1.54, 1.807) is 0 Å². The molecule has 0 aliphatic rings. The van der Waals surface area contributed by atoms with Crippen molar-refractivity contribution in [2.75, 3.05) is 18.3 Å². The van der Waals surface area contributed by atoms with Crippen molar-refractivity contribution < 1.29 is 0 Å². The summed E-state index contributed by atoms with van der Waals surface area (Å²) in [5.41, 5.74) is 0. The Kier molecular flexibility index (Phi) is 7.78. The molecule has 0 fully saturated rings. The third-order valence-corrected chi connectivity index (χ3v) is 4.28. The summed E-state index contributed by atoms with van der Waals surface area (Å²) in [6, 6.07) is 0. The van der Waals surface area contributed by atoms with Gasteiger partial charge >= 0.3 is 0 Å². The van der Waals surface area contributed by atoms with Gasteiger partial charge in [-0.3, -0.25) is 4.72 Å². The average molecular weight is 216 g/mol. The lowest BCUT2D eigenvalue weighted by Gasteiger charge is -2.28. The molecule has 0 heterocycles. The van der Waals surface area contributed by atoms with Gasteiger partial charge in [-0.25, -0.2) is 0 Å². The van der Waals surface area contributed by atoms with Crippen LogP contribution >= 0.6 is 10.2 Å². The van der Waals surface area contributed by atoms with Gasteiger partial charge in [0.1, 0.15) is 0 Å². The van der Waals surface area contributed by atoms with E-state index in [2.05, 4.69) is 30.4 Å². The first-order valence-corrected chi connectivity index (χ1v) is 8.11. The third kappa shape index (κ3) is 8.25. The standard InChI is InChI=1S/C11H24N2S/c1-4-5-6-7-8-9-10-14(2,3)13-11-12/h13H,4-10H2,1-3H3. The topological polar surface area (TPSA) is 35.8 Å². The summed E-state index contributed by atoms with van der Waals surface area (Å²) in [6.07, 6.45) is 14.4. The molecule has 0 atom stereocenters. The minimum Gasteiger partial charge on any atom is -0.286 e. The molecule has 84 valence electrons. The van der Waals surface area contributed by atoms with Gasteiger partial charge < -0.3 is 0 Å². The monoisotopic (exact) mass is 216 g/mol. The molecule has 0 aliphatic carbocycles. The molecule has 0 aromatic rings. The number of rotatable bonds is 8. The number of hydrogen-bond acceptors (Lipinski definition) is 2. The third-order valence-electron chi connectivity index (χ3n) is 2.33. The Morgan fingerprint density at radius 1 is 1.07 bits per heavy atom. The van der Waals surface area contributed by atoms with Crippen LogP contribution in [0.1, 0.15) is 45.4 Å². The summed E-state index contributed by atoms with van der Waals surface area (Å²) in [5, 5.41) is 8.53. The first kappa shape index (κ1) is 13.6. The molecule has 0 saturated heterocycles. The molecule has 0 bridgehead atoms. The SMILES string of the molecule is CCCCCCCCS(C)(C)NC#N. The number of nitrogens with one attached hydrogen (secondary N) is 1. The van der Waals surface area contributed by atoms with Crippen LogP contribution < -0.4 is 4.72 Å². The quantitative estimate of drug-likeness (QED) is 0.383. The predicted molar refractivity (Wildman–Crippen MR) is 66.4 cm³/mol. The van der Waals surface area contributed by atoms with Crippen molar-refractivity contribution in [1.82, 2.24) is 4.72 Å². The number of nitriles is 1. The second-order valence-corrected chi connectivity index (χ2v) is 7.91. The van der Waals surface area contributed by atoms with E-state index >= 15 is 0 Å². The molecular formula is C11H24N2S. The minimum atomic E-state index is -0.836. The van der Waals surface area contributed by atoms with E-state index in [0.29, 0.717) is 0 Å². The van der Waals surface area contributed by atoms with Crippen molar-refractivity contribution in [3.8, 4) is 6.19 Å². The highest BCUT2D eigenvalue weighted by atomic mass is 32.3. The molecule has 2 nitrogen and oxygen atoms in total. The summed E-state index contributed by atoms with van der Waals surface area (Å²) < 4.78 is 2.91. The van der Waals surface area contributed by atoms with Gasteiger partial charge in [-0.2, -0.15) is 15.5 Å². The lowest BCUT2D eigenvalue weighted by atomic mass is 10.1. The Balaban J connectivity index is 3.31. The van der Waals surface area contributed by atoms with Gasteiger partial charge in [-0.1, -0.05) is 39.0 Å². The van der Waals surface area contributed by atoms with Crippen molar-refractivity contribution in [1.29, 1.82) is 5.26 Å². The maximum Gasteiger partial charge on any atom is 0.186 e. The molecule has 1 N–H and O–H groups in total. The van der Waals surface area contributed by atoms with Crippen molar-refractivity contribution in [2.24, 2.45) is 0 Å². The van der Waals surface area contributed by atoms with Gasteiger partial charge in [-0.15, -0.1) is 0 Å². The zero-order chi connectivity index (χ0) is 10.9. The Morgan fingerprint density at radius 2 is 1.64 bits per heavy atom. The van der Waals surface area contributed by atoms with Gasteiger partial charge in [-0.05, 0) is 24.7 Å². The first-order valence-electron chi connectivity index (χ1n) is 5.49. The first-order chi connectivity index (χ1) is 6.62. The van der Waals surface area contributed by atoms with Crippen LogP contribution in [0.4, 0.5) is 0 Å². The molecule has 0 rings (SSSR count). The molecule has 0 aromatic carbocycles. The summed E-state index contributed by atoms with van der Waals surface area (Å²) in [7, 11) is -0.836. The van der Waals surface area contributed by atoms with E-state index < -0.39 is 10.2 Å². The summed E-state index contributed by atoms with van der Waals surface area (Å²) in [5.74, 6) is 1.17. The molecule has 0 amide bonds. The molecule has 0 spiro atoms. The number of hydrogen-bond donors (Lipinski definition) is 1. The Labute approximate surface area is 90.5 Å². The van der Waals surface area contributed by atoms with Gasteiger partial charge in [0.05, 0.1) is 0 Å². The van der Waals surface area contributed by atoms with Crippen LogP contribution in [0.15, 0.2) is 0 Å².